The molecule has 3 rings (SSSR count). The molecule has 0 saturated carbocycles. The first-order valence-electron chi connectivity index (χ1n) is 9.73. The lowest BCUT2D eigenvalue weighted by atomic mass is 9.74. The Morgan fingerprint density at radius 3 is 2.12 bits per heavy atom. The third-order valence-electron chi connectivity index (χ3n) is 5.51. The number of benzene rings is 1. The lowest BCUT2D eigenvalue weighted by Crippen LogP contribution is -2.42. The summed E-state index contributed by atoms with van der Waals surface area (Å²) in [5, 5.41) is 10.1. The molecule has 1 aromatic carbocycles. The van der Waals surface area contributed by atoms with Crippen molar-refractivity contribution in [3.05, 3.63) is 34.4 Å². The zero-order chi connectivity index (χ0) is 19.1. The molecule has 2 unspecified atom stereocenters. The van der Waals surface area contributed by atoms with Crippen LogP contribution in [0.15, 0.2) is 12.1 Å². The molecule has 4 heteroatoms. The standard InChI is InChI=1S/C22H34O4/c1-14(2)10-24-11-16-7-15(19-21(3,4)12-25-19)8-17(18(16)9-23)20-22(5,6)13-26-20/h7-8,14,19-20,23H,9-13H2,1-6H3. The summed E-state index contributed by atoms with van der Waals surface area (Å²) in [6.45, 7) is 15.9. The molecule has 1 aromatic rings. The SMILES string of the molecule is CC(C)COCc1cc(C2OCC2(C)C)cc(C2OCC2(C)C)c1CO. The summed E-state index contributed by atoms with van der Waals surface area (Å²) in [5.41, 5.74) is 4.47. The lowest BCUT2D eigenvalue weighted by Gasteiger charge is -2.47. The fourth-order valence-electron chi connectivity index (χ4n) is 3.95. The maximum atomic E-state index is 10.1. The van der Waals surface area contributed by atoms with Crippen LogP contribution in [0, 0.1) is 16.7 Å². The summed E-state index contributed by atoms with van der Waals surface area (Å²) < 4.78 is 17.7. The van der Waals surface area contributed by atoms with Crippen LogP contribution in [0.2, 0.25) is 0 Å². The van der Waals surface area contributed by atoms with Gasteiger partial charge in [-0.2, -0.15) is 0 Å². The Balaban J connectivity index is 1.98. The van der Waals surface area contributed by atoms with E-state index < -0.39 is 0 Å². The van der Waals surface area contributed by atoms with E-state index in [-0.39, 0.29) is 29.6 Å². The van der Waals surface area contributed by atoms with E-state index in [2.05, 4.69) is 53.7 Å². The number of aliphatic hydroxyl groups excluding tert-OH is 1. The maximum Gasteiger partial charge on any atom is 0.0901 e. The Morgan fingerprint density at radius 1 is 1.08 bits per heavy atom. The van der Waals surface area contributed by atoms with Gasteiger partial charge in [-0.3, -0.25) is 0 Å². The van der Waals surface area contributed by atoms with Crippen molar-refractivity contribution in [3.8, 4) is 0 Å². The number of aliphatic hydroxyl groups is 1. The number of rotatable bonds is 7. The quantitative estimate of drug-likeness (QED) is 0.773. The van der Waals surface area contributed by atoms with Gasteiger partial charge in [0.2, 0.25) is 0 Å². The van der Waals surface area contributed by atoms with Gasteiger partial charge in [0, 0.05) is 17.4 Å². The molecule has 0 amide bonds. The maximum absolute atomic E-state index is 10.1. The molecular formula is C22H34O4. The van der Waals surface area contributed by atoms with E-state index in [9.17, 15) is 5.11 Å². The Labute approximate surface area is 157 Å². The molecule has 2 heterocycles. The molecule has 146 valence electrons. The highest BCUT2D eigenvalue weighted by Gasteiger charge is 2.45. The molecule has 0 bridgehead atoms. The highest BCUT2D eigenvalue weighted by Crippen LogP contribution is 2.50. The van der Waals surface area contributed by atoms with E-state index in [1.54, 1.807) is 0 Å². The van der Waals surface area contributed by atoms with Crippen LogP contribution < -0.4 is 0 Å². The summed E-state index contributed by atoms with van der Waals surface area (Å²) in [5.74, 6) is 0.484. The first-order chi connectivity index (χ1) is 12.2. The van der Waals surface area contributed by atoms with Crippen LogP contribution in [0.1, 0.15) is 76.0 Å². The molecule has 2 atom stereocenters. The van der Waals surface area contributed by atoms with Crippen molar-refractivity contribution in [1.82, 2.24) is 0 Å². The van der Waals surface area contributed by atoms with Gasteiger partial charge < -0.3 is 19.3 Å². The second-order valence-corrected chi connectivity index (χ2v) is 9.67. The predicted octanol–water partition coefficient (Wildman–Crippen LogP) is 4.55. The molecule has 0 aromatic heterocycles. The van der Waals surface area contributed by atoms with Crippen molar-refractivity contribution in [3.63, 3.8) is 0 Å². The minimum absolute atomic E-state index is 0.000835. The van der Waals surface area contributed by atoms with Crippen LogP contribution in [0.5, 0.6) is 0 Å². The van der Waals surface area contributed by atoms with Gasteiger partial charge in [-0.25, -0.2) is 0 Å². The second kappa shape index (κ2) is 7.23. The van der Waals surface area contributed by atoms with Gasteiger partial charge in [0.05, 0.1) is 38.6 Å². The van der Waals surface area contributed by atoms with Crippen LogP contribution in [0.25, 0.3) is 0 Å². The van der Waals surface area contributed by atoms with Crippen molar-refractivity contribution < 1.29 is 19.3 Å². The monoisotopic (exact) mass is 362 g/mol. The van der Waals surface area contributed by atoms with Gasteiger partial charge in [-0.05, 0) is 28.2 Å². The number of ether oxygens (including phenoxy) is 3. The smallest absolute Gasteiger partial charge is 0.0901 e. The Morgan fingerprint density at radius 2 is 1.69 bits per heavy atom. The minimum Gasteiger partial charge on any atom is -0.392 e. The highest BCUT2D eigenvalue weighted by atomic mass is 16.5. The minimum atomic E-state index is 0.000835. The molecule has 1 N–H and O–H groups in total. The normalized spacial score (nSPS) is 26.5. The topological polar surface area (TPSA) is 47.9 Å². The number of hydrogen-bond acceptors (Lipinski definition) is 4. The van der Waals surface area contributed by atoms with E-state index in [0.717, 1.165) is 29.9 Å². The molecule has 2 fully saturated rings. The summed E-state index contributed by atoms with van der Waals surface area (Å²) in [4.78, 5) is 0. The van der Waals surface area contributed by atoms with Gasteiger partial charge in [0.15, 0.2) is 0 Å². The van der Waals surface area contributed by atoms with Crippen molar-refractivity contribution in [2.75, 3.05) is 19.8 Å². The van der Waals surface area contributed by atoms with Gasteiger partial charge in [-0.15, -0.1) is 0 Å². The lowest BCUT2D eigenvalue weighted by molar-refractivity contribution is -0.176. The summed E-state index contributed by atoms with van der Waals surface area (Å²) in [6, 6.07) is 4.35. The largest absolute Gasteiger partial charge is 0.392 e. The molecule has 4 nitrogen and oxygen atoms in total. The van der Waals surface area contributed by atoms with Crippen molar-refractivity contribution in [2.24, 2.45) is 16.7 Å². The Bertz CT molecular complexity index is 648. The molecule has 2 aliphatic heterocycles. The average molecular weight is 363 g/mol. The molecule has 26 heavy (non-hydrogen) atoms. The van der Waals surface area contributed by atoms with E-state index in [0.29, 0.717) is 19.1 Å². The van der Waals surface area contributed by atoms with E-state index in [1.807, 2.05) is 0 Å². The molecule has 0 aliphatic carbocycles. The van der Waals surface area contributed by atoms with Crippen molar-refractivity contribution in [2.45, 2.75) is 67.0 Å². The van der Waals surface area contributed by atoms with Crippen LogP contribution in [0.4, 0.5) is 0 Å². The third kappa shape index (κ3) is 3.70. The summed E-state index contributed by atoms with van der Waals surface area (Å²) >= 11 is 0. The average Bonchev–Trinajstić information content (AvgIpc) is 2.52. The van der Waals surface area contributed by atoms with Crippen molar-refractivity contribution >= 4 is 0 Å². The van der Waals surface area contributed by atoms with Crippen LogP contribution in [-0.4, -0.2) is 24.9 Å². The molecule has 2 saturated heterocycles. The fourth-order valence-corrected chi connectivity index (χ4v) is 3.95. The van der Waals surface area contributed by atoms with Crippen molar-refractivity contribution in [1.29, 1.82) is 0 Å². The zero-order valence-electron chi connectivity index (χ0n) is 17.1. The number of hydrogen-bond donors (Lipinski definition) is 1. The van der Waals surface area contributed by atoms with Crippen LogP contribution in [-0.2, 0) is 27.4 Å². The van der Waals surface area contributed by atoms with E-state index in [4.69, 9.17) is 14.2 Å². The third-order valence-corrected chi connectivity index (χ3v) is 5.51. The van der Waals surface area contributed by atoms with Crippen LogP contribution in [0.3, 0.4) is 0 Å². The summed E-state index contributed by atoms with van der Waals surface area (Å²) in [7, 11) is 0. The van der Waals surface area contributed by atoms with E-state index >= 15 is 0 Å². The Kier molecular flexibility index (Phi) is 5.51. The summed E-state index contributed by atoms with van der Waals surface area (Å²) in [6.07, 6.45) is 0.0951. The predicted molar refractivity (Wildman–Crippen MR) is 102 cm³/mol. The zero-order valence-corrected chi connectivity index (χ0v) is 17.1. The van der Waals surface area contributed by atoms with Gasteiger partial charge in [-0.1, -0.05) is 53.7 Å². The highest BCUT2D eigenvalue weighted by molar-refractivity contribution is 5.43. The fraction of sp³-hybridized carbons (Fsp3) is 0.727. The molecular weight excluding hydrogens is 328 g/mol. The van der Waals surface area contributed by atoms with E-state index in [1.165, 1.54) is 5.56 Å². The van der Waals surface area contributed by atoms with Crippen LogP contribution >= 0.6 is 0 Å². The van der Waals surface area contributed by atoms with Gasteiger partial charge >= 0.3 is 0 Å². The first kappa shape index (κ1) is 19.8. The van der Waals surface area contributed by atoms with Gasteiger partial charge in [0.25, 0.3) is 0 Å². The molecule has 0 spiro atoms. The molecule has 0 radical (unpaired) electrons. The second-order valence-electron chi connectivity index (χ2n) is 9.67. The Hall–Kier alpha value is -0.940. The molecule has 2 aliphatic rings. The van der Waals surface area contributed by atoms with Gasteiger partial charge in [0.1, 0.15) is 0 Å². The first-order valence-corrected chi connectivity index (χ1v) is 9.73.